The zero-order valence-corrected chi connectivity index (χ0v) is 11.7. The Bertz CT molecular complexity index is 311. The van der Waals surface area contributed by atoms with Gasteiger partial charge in [0.1, 0.15) is 0 Å². The summed E-state index contributed by atoms with van der Waals surface area (Å²) in [5.41, 5.74) is 0.176. The minimum atomic E-state index is -0.116. The highest BCUT2D eigenvalue weighted by Gasteiger charge is 2.56. The molecule has 1 aliphatic carbocycles. The van der Waals surface area contributed by atoms with Crippen molar-refractivity contribution in [1.29, 1.82) is 0 Å². The van der Waals surface area contributed by atoms with Crippen molar-refractivity contribution in [2.45, 2.75) is 63.7 Å². The Morgan fingerprint density at radius 2 is 1.76 bits per heavy atom. The maximum Gasteiger partial charge on any atom is 0.289 e. The van der Waals surface area contributed by atoms with Crippen LogP contribution in [0.1, 0.15) is 46.5 Å². The molecule has 2 fully saturated rings. The smallest absolute Gasteiger partial charge is 0.289 e. The molecule has 1 heterocycles. The highest BCUT2D eigenvalue weighted by molar-refractivity contribution is 5.11. The highest BCUT2D eigenvalue weighted by Crippen LogP contribution is 2.44. The highest BCUT2D eigenvalue weighted by atomic mass is 15.3. The average Bonchev–Trinajstić information content (AvgIpc) is 3.08. The summed E-state index contributed by atoms with van der Waals surface area (Å²) in [4.78, 5) is 8.76. The molecular weight excluding hydrogens is 210 g/mol. The van der Waals surface area contributed by atoms with E-state index in [0.29, 0.717) is 11.6 Å². The van der Waals surface area contributed by atoms with Gasteiger partial charge in [-0.05, 0) is 40.7 Å². The van der Waals surface area contributed by atoms with Crippen LogP contribution >= 0.6 is 0 Å². The van der Waals surface area contributed by atoms with Gasteiger partial charge in [0.15, 0.2) is 0 Å². The molecule has 17 heavy (non-hydrogen) atoms. The maximum atomic E-state index is 7.33. The second-order valence-corrected chi connectivity index (χ2v) is 6.59. The number of rotatable bonds is 2. The van der Waals surface area contributed by atoms with Crippen molar-refractivity contribution in [3.05, 3.63) is 11.4 Å². The van der Waals surface area contributed by atoms with Gasteiger partial charge in [-0.2, -0.15) is 0 Å². The second-order valence-electron chi connectivity index (χ2n) is 6.59. The third-order valence-corrected chi connectivity index (χ3v) is 4.52. The van der Waals surface area contributed by atoms with Crippen LogP contribution in [0.15, 0.2) is 0 Å². The molecule has 96 valence electrons. The number of likely N-dealkylation sites (tertiary alicyclic amines) is 1. The normalized spacial score (nSPS) is 25.9. The van der Waals surface area contributed by atoms with Gasteiger partial charge in [-0.15, -0.1) is 0 Å². The molecule has 0 atom stereocenters. The number of nitrogens with zero attached hydrogens (tertiary/aromatic N) is 3. The van der Waals surface area contributed by atoms with E-state index in [9.17, 15) is 0 Å². The van der Waals surface area contributed by atoms with Gasteiger partial charge in [0.2, 0.25) is 0 Å². The third kappa shape index (κ3) is 2.48. The van der Waals surface area contributed by atoms with Gasteiger partial charge in [0.05, 0.1) is 12.8 Å². The van der Waals surface area contributed by atoms with Crippen LogP contribution in [-0.2, 0) is 0 Å². The number of hydrogen-bond acceptors (Lipinski definition) is 2. The predicted molar refractivity (Wildman–Crippen MR) is 70.7 cm³/mol. The van der Waals surface area contributed by atoms with E-state index in [0.717, 1.165) is 12.8 Å². The van der Waals surface area contributed by atoms with Crippen LogP contribution in [0.2, 0.25) is 0 Å². The van der Waals surface area contributed by atoms with Gasteiger partial charge in [0, 0.05) is 24.7 Å². The summed E-state index contributed by atoms with van der Waals surface area (Å²) in [5.74, 6) is 0. The van der Waals surface area contributed by atoms with Crippen LogP contribution in [0.3, 0.4) is 0 Å². The van der Waals surface area contributed by atoms with Gasteiger partial charge in [-0.3, -0.25) is 9.74 Å². The number of hydrogen-bond donors (Lipinski definition) is 0. The Hall–Kier alpha value is -0.590. The SMILES string of the molecule is [C-]#[N+]C1(N(C)C2CCN(C(C)(C)C)CC2)CC1. The van der Waals surface area contributed by atoms with Crippen molar-refractivity contribution in [3.8, 4) is 0 Å². The van der Waals surface area contributed by atoms with E-state index in [2.05, 4.69) is 42.5 Å². The lowest BCUT2D eigenvalue weighted by molar-refractivity contribution is 0.0529. The van der Waals surface area contributed by atoms with Crippen molar-refractivity contribution in [3.63, 3.8) is 0 Å². The summed E-state index contributed by atoms with van der Waals surface area (Å²) < 4.78 is 0. The molecule has 1 saturated heterocycles. The largest absolute Gasteiger partial charge is 0.298 e. The van der Waals surface area contributed by atoms with Gasteiger partial charge in [-0.1, -0.05) is 0 Å². The predicted octanol–water partition coefficient (Wildman–Crippen LogP) is 2.59. The molecule has 3 nitrogen and oxygen atoms in total. The van der Waals surface area contributed by atoms with E-state index in [1.54, 1.807) is 0 Å². The molecule has 0 amide bonds. The molecule has 0 aromatic carbocycles. The molecule has 2 aliphatic rings. The monoisotopic (exact) mass is 235 g/mol. The average molecular weight is 235 g/mol. The minimum Gasteiger partial charge on any atom is -0.298 e. The molecule has 0 unspecified atom stereocenters. The van der Waals surface area contributed by atoms with Crippen molar-refractivity contribution in [1.82, 2.24) is 9.80 Å². The van der Waals surface area contributed by atoms with E-state index in [1.807, 2.05) is 0 Å². The molecule has 0 N–H and O–H groups in total. The molecule has 1 saturated carbocycles. The van der Waals surface area contributed by atoms with Gasteiger partial charge in [0.25, 0.3) is 5.66 Å². The molecule has 1 aliphatic heterocycles. The van der Waals surface area contributed by atoms with Crippen molar-refractivity contribution < 1.29 is 0 Å². The van der Waals surface area contributed by atoms with Crippen molar-refractivity contribution in [2.24, 2.45) is 0 Å². The van der Waals surface area contributed by atoms with Crippen molar-refractivity contribution in [2.75, 3.05) is 20.1 Å². The van der Waals surface area contributed by atoms with Crippen LogP contribution in [0.5, 0.6) is 0 Å². The first kappa shape index (κ1) is 12.9. The standard InChI is InChI=1S/C14H25N3/c1-13(2,3)17-10-6-12(7-11-17)16(5)14(15-4)8-9-14/h12H,6-11H2,1-3,5H3. The molecule has 3 heteroatoms. The van der Waals surface area contributed by atoms with Gasteiger partial charge >= 0.3 is 0 Å². The molecule has 0 radical (unpaired) electrons. The minimum absolute atomic E-state index is 0.116. The summed E-state index contributed by atoms with van der Waals surface area (Å²) in [7, 11) is 2.16. The molecule has 2 rings (SSSR count). The molecule has 0 spiro atoms. The van der Waals surface area contributed by atoms with Crippen LogP contribution in [0.4, 0.5) is 0 Å². The summed E-state index contributed by atoms with van der Waals surface area (Å²) in [6.45, 7) is 16.5. The Balaban J connectivity index is 1.90. The van der Waals surface area contributed by atoms with Gasteiger partial charge < -0.3 is 0 Å². The van der Waals surface area contributed by atoms with Crippen molar-refractivity contribution >= 4 is 0 Å². The lowest BCUT2D eigenvalue weighted by Crippen LogP contribution is -2.52. The zero-order valence-electron chi connectivity index (χ0n) is 11.7. The fourth-order valence-electron chi connectivity index (χ4n) is 2.92. The lowest BCUT2D eigenvalue weighted by atomic mass is 9.97. The zero-order chi connectivity index (χ0) is 12.7. The first-order valence-corrected chi connectivity index (χ1v) is 6.76. The van der Waals surface area contributed by atoms with Crippen LogP contribution in [0, 0.1) is 6.57 Å². The Labute approximate surface area is 106 Å². The van der Waals surface area contributed by atoms with Gasteiger partial charge in [-0.25, -0.2) is 11.5 Å². The first-order valence-electron chi connectivity index (χ1n) is 6.76. The van der Waals surface area contributed by atoms with E-state index in [1.165, 1.54) is 25.9 Å². The number of piperidine rings is 1. The van der Waals surface area contributed by atoms with Crippen LogP contribution in [0.25, 0.3) is 4.85 Å². The quantitative estimate of drug-likeness (QED) is 0.681. The fraction of sp³-hybridized carbons (Fsp3) is 0.929. The van der Waals surface area contributed by atoms with Crippen LogP contribution in [-0.4, -0.2) is 47.2 Å². The summed E-state index contributed by atoms with van der Waals surface area (Å²) >= 11 is 0. The van der Waals surface area contributed by atoms with E-state index in [-0.39, 0.29) is 5.66 Å². The third-order valence-electron chi connectivity index (χ3n) is 4.52. The fourth-order valence-corrected chi connectivity index (χ4v) is 2.92. The molecule has 0 aromatic heterocycles. The first-order chi connectivity index (χ1) is 7.89. The van der Waals surface area contributed by atoms with E-state index in [4.69, 9.17) is 6.57 Å². The molecular formula is C14H25N3. The summed E-state index contributed by atoms with van der Waals surface area (Å²) in [6.07, 6.45) is 4.58. The Kier molecular flexibility index (Phi) is 3.22. The summed E-state index contributed by atoms with van der Waals surface area (Å²) in [5, 5.41) is 0. The lowest BCUT2D eigenvalue weighted by Gasteiger charge is -2.43. The molecule has 0 aromatic rings. The maximum absolute atomic E-state index is 7.33. The molecule has 0 bridgehead atoms. The second kappa shape index (κ2) is 4.26. The Morgan fingerprint density at radius 1 is 1.24 bits per heavy atom. The topological polar surface area (TPSA) is 10.8 Å². The Morgan fingerprint density at radius 3 is 2.12 bits per heavy atom. The van der Waals surface area contributed by atoms with E-state index < -0.39 is 0 Å². The summed E-state index contributed by atoms with van der Waals surface area (Å²) in [6, 6.07) is 0.616. The van der Waals surface area contributed by atoms with E-state index >= 15 is 0 Å². The van der Waals surface area contributed by atoms with Crippen LogP contribution < -0.4 is 0 Å².